The van der Waals surface area contributed by atoms with Gasteiger partial charge in [0, 0.05) is 12.4 Å². The molecule has 0 bridgehead atoms. The number of hydrogen-bond acceptors (Lipinski definition) is 3. The monoisotopic (exact) mass is 374 g/mol. The molecule has 2 aromatic heterocycles. The lowest BCUT2D eigenvalue weighted by Gasteiger charge is -2.16. The van der Waals surface area contributed by atoms with Crippen molar-refractivity contribution in [3.8, 4) is 0 Å². The molecule has 1 unspecified atom stereocenters. The summed E-state index contributed by atoms with van der Waals surface area (Å²) in [6.07, 6.45) is 3.78. The molecule has 0 aromatic carbocycles. The smallest absolute Gasteiger partial charge is 0.0761 e. The lowest BCUT2D eigenvalue weighted by molar-refractivity contribution is 0.688. The highest BCUT2D eigenvalue weighted by molar-refractivity contribution is 9.12. The quantitative estimate of drug-likeness (QED) is 0.865. The predicted molar refractivity (Wildman–Crippen MR) is 79.6 cm³/mol. The molecule has 1 N–H and O–H groups in total. The summed E-state index contributed by atoms with van der Waals surface area (Å²) in [6, 6.07) is 4.46. The van der Waals surface area contributed by atoms with Gasteiger partial charge in [0.15, 0.2) is 0 Å². The maximum Gasteiger partial charge on any atom is 0.0761 e. The molecule has 0 amide bonds. The highest BCUT2D eigenvalue weighted by atomic mass is 79.9. The van der Waals surface area contributed by atoms with Gasteiger partial charge >= 0.3 is 0 Å². The van der Waals surface area contributed by atoms with E-state index in [1.807, 2.05) is 19.4 Å². The molecule has 0 spiro atoms. The Morgan fingerprint density at radius 3 is 2.59 bits per heavy atom. The van der Waals surface area contributed by atoms with Crippen LogP contribution in [0.1, 0.15) is 22.7 Å². The van der Waals surface area contributed by atoms with Crippen LogP contribution in [0.25, 0.3) is 0 Å². The number of aryl methyl sites for hydroxylation is 1. The van der Waals surface area contributed by atoms with E-state index in [9.17, 15) is 0 Å². The molecule has 2 rings (SSSR count). The van der Waals surface area contributed by atoms with Crippen molar-refractivity contribution in [3.05, 3.63) is 48.8 Å². The molecule has 0 saturated heterocycles. The van der Waals surface area contributed by atoms with Crippen LogP contribution in [-0.2, 0) is 0 Å². The minimum Gasteiger partial charge on any atom is -0.309 e. The van der Waals surface area contributed by atoms with Crippen LogP contribution >= 0.6 is 43.2 Å². The third-order valence-corrected chi connectivity index (χ3v) is 4.90. The Morgan fingerprint density at radius 2 is 2.06 bits per heavy atom. The number of rotatable bonds is 3. The second-order valence-electron chi connectivity index (χ2n) is 3.80. The number of halogens is 2. The van der Waals surface area contributed by atoms with Crippen molar-refractivity contribution in [3.63, 3.8) is 0 Å². The molecule has 2 heterocycles. The molecule has 17 heavy (non-hydrogen) atoms. The van der Waals surface area contributed by atoms with Crippen LogP contribution in [0.3, 0.4) is 0 Å². The summed E-state index contributed by atoms with van der Waals surface area (Å²) in [4.78, 5) is 4.25. The van der Waals surface area contributed by atoms with E-state index < -0.39 is 0 Å². The molecule has 0 fully saturated rings. The van der Waals surface area contributed by atoms with Crippen LogP contribution in [0, 0.1) is 6.92 Å². The standard InChI is InChI=1S/C12H12Br2N2S/c1-7-3-8(6-16-5-7)11(15-2)9-4-10(13)17-12(9)14/h3-6,11,15H,1-2H3. The minimum absolute atomic E-state index is 0.166. The first-order valence-electron chi connectivity index (χ1n) is 5.15. The fraction of sp³-hybridized carbons (Fsp3) is 0.250. The fourth-order valence-corrected chi connectivity index (χ4v) is 4.69. The summed E-state index contributed by atoms with van der Waals surface area (Å²) < 4.78 is 2.27. The Bertz CT molecular complexity index is 525. The van der Waals surface area contributed by atoms with Gasteiger partial charge in [-0.1, -0.05) is 6.07 Å². The number of nitrogens with one attached hydrogen (secondary N) is 1. The van der Waals surface area contributed by atoms with E-state index in [1.165, 1.54) is 16.7 Å². The van der Waals surface area contributed by atoms with Crippen LogP contribution in [0.15, 0.2) is 32.1 Å². The number of nitrogens with zero attached hydrogens (tertiary/aromatic N) is 1. The van der Waals surface area contributed by atoms with Gasteiger partial charge in [-0.25, -0.2) is 0 Å². The fourth-order valence-electron chi connectivity index (χ4n) is 1.79. The van der Waals surface area contributed by atoms with E-state index in [0.29, 0.717) is 0 Å². The van der Waals surface area contributed by atoms with Crippen LogP contribution in [0.2, 0.25) is 0 Å². The van der Waals surface area contributed by atoms with Crippen LogP contribution in [-0.4, -0.2) is 12.0 Å². The Labute approximate surface area is 122 Å². The van der Waals surface area contributed by atoms with E-state index in [-0.39, 0.29) is 6.04 Å². The van der Waals surface area contributed by atoms with Crippen LogP contribution in [0.5, 0.6) is 0 Å². The second-order valence-corrected chi connectivity index (χ2v) is 7.55. The number of aromatic nitrogens is 1. The van der Waals surface area contributed by atoms with Crippen molar-refractivity contribution in [2.75, 3.05) is 7.05 Å². The maximum atomic E-state index is 4.25. The maximum absolute atomic E-state index is 4.25. The molecule has 0 saturated carbocycles. The first-order valence-corrected chi connectivity index (χ1v) is 7.55. The SMILES string of the molecule is CNC(c1cncc(C)c1)c1cc(Br)sc1Br. The Kier molecular flexibility index (Phi) is 4.36. The molecule has 2 aromatic rings. The van der Waals surface area contributed by atoms with Gasteiger partial charge in [0.1, 0.15) is 0 Å². The van der Waals surface area contributed by atoms with E-state index in [2.05, 4.69) is 61.2 Å². The van der Waals surface area contributed by atoms with Gasteiger partial charge in [-0.15, -0.1) is 11.3 Å². The first kappa shape index (κ1) is 13.2. The van der Waals surface area contributed by atoms with Gasteiger partial charge in [-0.2, -0.15) is 0 Å². The van der Waals surface area contributed by atoms with Gasteiger partial charge in [0.2, 0.25) is 0 Å². The third-order valence-electron chi connectivity index (χ3n) is 2.51. The third kappa shape index (κ3) is 2.96. The number of thiophene rings is 1. The van der Waals surface area contributed by atoms with E-state index in [1.54, 1.807) is 11.3 Å². The van der Waals surface area contributed by atoms with E-state index >= 15 is 0 Å². The zero-order chi connectivity index (χ0) is 12.4. The molecule has 0 aliphatic carbocycles. The lowest BCUT2D eigenvalue weighted by Crippen LogP contribution is -2.17. The van der Waals surface area contributed by atoms with Crippen molar-refractivity contribution in [2.24, 2.45) is 0 Å². The zero-order valence-electron chi connectivity index (χ0n) is 9.50. The summed E-state index contributed by atoms with van der Waals surface area (Å²) in [5.41, 5.74) is 3.59. The summed E-state index contributed by atoms with van der Waals surface area (Å²) >= 11 is 8.80. The van der Waals surface area contributed by atoms with Gasteiger partial charge < -0.3 is 5.32 Å². The normalized spacial score (nSPS) is 12.7. The minimum atomic E-state index is 0.166. The average molecular weight is 376 g/mol. The Balaban J connectivity index is 2.43. The second kappa shape index (κ2) is 5.61. The molecule has 5 heteroatoms. The van der Waals surface area contributed by atoms with Gasteiger partial charge in [0.05, 0.1) is 13.6 Å². The lowest BCUT2D eigenvalue weighted by atomic mass is 10.0. The highest BCUT2D eigenvalue weighted by Crippen LogP contribution is 2.37. The molecular formula is C12H12Br2N2S. The number of pyridine rings is 1. The average Bonchev–Trinajstić information content (AvgIpc) is 2.59. The van der Waals surface area contributed by atoms with E-state index in [0.717, 1.165) is 7.57 Å². The van der Waals surface area contributed by atoms with Crippen LogP contribution in [0.4, 0.5) is 0 Å². The molecule has 2 nitrogen and oxygen atoms in total. The van der Waals surface area contributed by atoms with Crippen molar-refractivity contribution >= 4 is 43.2 Å². The van der Waals surface area contributed by atoms with Crippen LogP contribution < -0.4 is 5.32 Å². The Morgan fingerprint density at radius 1 is 1.29 bits per heavy atom. The Hall–Kier alpha value is -0.230. The van der Waals surface area contributed by atoms with Crippen molar-refractivity contribution < 1.29 is 0 Å². The van der Waals surface area contributed by atoms with Gasteiger partial charge in [-0.05, 0) is 68.6 Å². The summed E-state index contributed by atoms with van der Waals surface area (Å²) in [5.74, 6) is 0. The first-order chi connectivity index (χ1) is 8.11. The zero-order valence-corrected chi connectivity index (χ0v) is 13.5. The summed E-state index contributed by atoms with van der Waals surface area (Å²) in [6.45, 7) is 2.06. The molecular weight excluding hydrogens is 364 g/mol. The number of hydrogen-bond donors (Lipinski definition) is 1. The molecule has 0 radical (unpaired) electrons. The highest BCUT2D eigenvalue weighted by Gasteiger charge is 2.17. The molecule has 90 valence electrons. The van der Waals surface area contributed by atoms with Gasteiger partial charge in [0.25, 0.3) is 0 Å². The summed E-state index contributed by atoms with van der Waals surface area (Å²) in [5, 5.41) is 3.33. The molecule has 0 aliphatic heterocycles. The molecule has 0 aliphatic rings. The molecule has 1 atom stereocenters. The predicted octanol–water partition coefficient (Wildman–Crippen LogP) is 4.29. The van der Waals surface area contributed by atoms with Gasteiger partial charge in [-0.3, -0.25) is 4.98 Å². The summed E-state index contributed by atoms with van der Waals surface area (Å²) in [7, 11) is 1.96. The van der Waals surface area contributed by atoms with Crippen molar-refractivity contribution in [1.29, 1.82) is 0 Å². The van der Waals surface area contributed by atoms with Crippen molar-refractivity contribution in [2.45, 2.75) is 13.0 Å². The van der Waals surface area contributed by atoms with E-state index in [4.69, 9.17) is 0 Å². The topological polar surface area (TPSA) is 24.9 Å². The van der Waals surface area contributed by atoms with Crippen molar-refractivity contribution in [1.82, 2.24) is 10.3 Å². The largest absolute Gasteiger partial charge is 0.309 e.